The fourth-order valence-electron chi connectivity index (χ4n) is 3.21. The van der Waals surface area contributed by atoms with Gasteiger partial charge in [-0.05, 0) is 0 Å². The number of allylic oxidation sites excluding steroid dienone is 8. The second-order valence-corrected chi connectivity index (χ2v) is 12.1. The van der Waals surface area contributed by atoms with Gasteiger partial charge in [0.2, 0.25) is 0 Å². The third kappa shape index (κ3) is 2.51. The molecule has 0 aromatic heterocycles. The van der Waals surface area contributed by atoms with Crippen molar-refractivity contribution in [1.29, 1.82) is 0 Å². The van der Waals surface area contributed by atoms with Crippen molar-refractivity contribution in [2.45, 2.75) is 29.7 Å². The number of hydrogen-bond acceptors (Lipinski definition) is 0. The van der Waals surface area contributed by atoms with Gasteiger partial charge in [0, 0.05) is 0 Å². The summed E-state index contributed by atoms with van der Waals surface area (Å²) in [4.78, 5) is 0. The van der Waals surface area contributed by atoms with Gasteiger partial charge in [-0.15, -0.1) is 0 Å². The van der Waals surface area contributed by atoms with Crippen molar-refractivity contribution in [3.63, 3.8) is 0 Å². The predicted molar refractivity (Wildman–Crippen MR) is 62.5 cm³/mol. The van der Waals surface area contributed by atoms with Crippen LogP contribution in [-0.2, 0) is 16.6 Å². The third-order valence-electron chi connectivity index (χ3n) is 4.08. The van der Waals surface area contributed by atoms with Crippen LogP contribution in [0.4, 0.5) is 0 Å². The fraction of sp³-hybridized carbons (Fsp3) is 0.429. The maximum atomic E-state index is 2.51. The third-order valence-corrected chi connectivity index (χ3v) is 11.6. The molecule has 0 aromatic carbocycles. The molecule has 0 amide bonds. The Hall–Kier alpha value is 0.254. The summed E-state index contributed by atoms with van der Waals surface area (Å²) in [5.41, 5.74) is 1.50. The van der Waals surface area contributed by atoms with Crippen LogP contribution in [0.5, 0.6) is 0 Å². The van der Waals surface area contributed by atoms with E-state index in [4.69, 9.17) is 0 Å². The second-order valence-electron chi connectivity index (χ2n) is 5.21. The van der Waals surface area contributed by atoms with Gasteiger partial charge in [-0.3, -0.25) is 0 Å². The van der Waals surface area contributed by atoms with Crippen molar-refractivity contribution < 1.29 is 41.4 Å². The molecule has 1 unspecified atom stereocenters. The molecule has 0 radical (unpaired) electrons. The smallest absolute Gasteiger partial charge is 1.00 e. The van der Waals surface area contributed by atoms with Crippen LogP contribution in [0.25, 0.3) is 0 Å². The summed E-state index contributed by atoms with van der Waals surface area (Å²) in [6, 6.07) is 0. The van der Waals surface area contributed by atoms with Gasteiger partial charge in [0.25, 0.3) is 0 Å². The van der Waals surface area contributed by atoms with Crippen molar-refractivity contribution in [2.75, 3.05) is 0 Å². The van der Waals surface area contributed by atoms with E-state index in [1.807, 2.05) is 7.76 Å². The van der Waals surface area contributed by atoms with Crippen LogP contribution in [0.1, 0.15) is 20.3 Å². The Morgan fingerprint density at radius 3 is 2.35 bits per heavy atom. The number of hydrogen-bond donors (Lipinski definition) is 0. The normalized spacial score (nSPS) is 25.8. The van der Waals surface area contributed by atoms with Gasteiger partial charge >= 0.3 is 95.9 Å². The van der Waals surface area contributed by atoms with Crippen LogP contribution < -0.4 is 24.8 Å². The van der Waals surface area contributed by atoms with Gasteiger partial charge in [0.05, 0.1) is 0 Å². The van der Waals surface area contributed by atoms with Crippen LogP contribution in [0, 0.1) is 5.92 Å². The van der Waals surface area contributed by atoms with Crippen LogP contribution in [0.15, 0.2) is 43.7 Å². The minimum atomic E-state index is -1.63. The summed E-state index contributed by atoms with van der Waals surface area (Å²) in [7, 11) is 0. The van der Waals surface area contributed by atoms with Crippen molar-refractivity contribution in [2.24, 2.45) is 5.92 Å². The number of halogens is 2. The molecule has 1 fully saturated rings. The zero-order chi connectivity index (χ0) is 10.5. The Kier molecular flexibility index (Phi) is 4.94. The van der Waals surface area contributed by atoms with E-state index in [2.05, 4.69) is 44.2 Å². The van der Waals surface area contributed by atoms with Gasteiger partial charge in [-0.2, -0.15) is 0 Å². The van der Waals surface area contributed by atoms with E-state index in [1.54, 1.807) is 9.45 Å². The molecule has 1 aliphatic heterocycles. The fourth-order valence-corrected chi connectivity index (χ4v) is 11.4. The monoisotopic (exact) mass is 304 g/mol. The quantitative estimate of drug-likeness (QED) is 0.535. The summed E-state index contributed by atoms with van der Waals surface area (Å²) in [5.74, 6) is 0.744. The maximum absolute atomic E-state index is 2.51. The van der Waals surface area contributed by atoms with Crippen LogP contribution >= 0.6 is 0 Å². The number of rotatable bonds is 2. The average Bonchev–Trinajstić information content (AvgIpc) is 2.68. The van der Waals surface area contributed by atoms with Crippen molar-refractivity contribution in [3.8, 4) is 0 Å². The van der Waals surface area contributed by atoms with Crippen molar-refractivity contribution in [1.82, 2.24) is 0 Å². The summed E-state index contributed by atoms with van der Waals surface area (Å²) in [6.07, 6.45) is 13.2. The standard InChI is InChI=1S/C7H9.C5H5.C2H4.2ClH.Ti/c1-6-3-4-7(2)5-6;1-2-4-5-3-1;1-2;;;/h3,5,7H,1-2H3;1-3H,4H2;1-2H2;2*1H;/q;;;;;+2/p-2. The molecule has 1 atom stereocenters. The first-order valence-electron chi connectivity index (χ1n) is 5.99. The molecule has 1 heterocycles. The molecule has 1 saturated heterocycles. The molecule has 2 aliphatic carbocycles. The zero-order valence-corrected chi connectivity index (χ0v) is 13.4. The Morgan fingerprint density at radius 2 is 1.94 bits per heavy atom. The summed E-state index contributed by atoms with van der Waals surface area (Å²) in [6.45, 7) is 4.64. The first kappa shape index (κ1) is 15.3. The van der Waals surface area contributed by atoms with Gasteiger partial charge in [0.1, 0.15) is 0 Å². The Bertz CT molecular complexity index is 426. The molecule has 17 heavy (non-hydrogen) atoms. The van der Waals surface area contributed by atoms with Gasteiger partial charge in [-0.25, -0.2) is 0 Å². The van der Waals surface area contributed by atoms with E-state index in [0.29, 0.717) is 0 Å². The minimum absolute atomic E-state index is 0. The van der Waals surface area contributed by atoms with E-state index in [1.165, 1.54) is 12.0 Å². The zero-order valence-electron chi connectivity index (χ0n) is 10.3. The van der Waals surface area contributed by atoms with Crippen LogP contribution in [0.2, 0.25) is 9.45 Å². The minimum Gasteiger partial charge on any atom is -1.00 e. The molecule has 0 bridgehead atoms. The van der Waals surface area contributed by atoms with Crippen LogP contribution in [-0.4, -0.2) is 0 Å². The van der Waals surface area contributed by atoms with Crippen molar-refractivity contribution in [3.05, 3.63) is 43.7 Å². The van der Waals surface area contributed by atoms with Crippen molar-refractivity contribution >= 4 is 0 Å². The summed E-state index contributed by atoms with van der Waals surface area (Å²) in [5, 5.41) is 0. The molecule has 3 rings (SSSR count). The van der Waals surface area contributed by atoms with Gasteiger partial charge in [0.15, 0.2) is 0 Å². The molecular formula is C14H18Cl2Ti. The first-order chi connectivity index (χ1) is 7.22. The molecule has 92 valence electrons. The Labute approximate surface area is 120 Å². The molecule has 3 aliphatic rings. The molecule has 0 spiro atoms. The summed E-state index contributed by atoms with van der Waals surface area (Å²) < 4.78 is 6.83. The topological polar surface area (TPSA) is 0 Å². The molecule has 0 aromatic rings. The van der Waals surface area contributed by atoms with E-state index < -0.39 is 16.6 Å². The Morgan fingerprint density at radius 1 is 1.24 bits per heavy atom. The van der Waals surface area contributed by atoms with E-state index >= 15 is 0 Å². The van der Waals surface area contributed by atoms with Crippen LogP contribution in [0.3, 0.4) is 0 Å². The van der Waals surface area contributed by atoms with Gasteiger partial charge < -0.3 is 24.8 Å². The first-order valence-corrected chi connectivity index (χ1v) is 9.76. The van der Waals surface area contributed by atoms with E-state index in [-0.39, 0.29) is 24.8 Å². The SMILES string of the molecule is CC1=CC(C)[C]([Ti+2]2([C]3=CC=CC3)[CH2][CH2]2)=C1.[Cl-].[Cl-]. The molecular weight excluding hydrogens is 287 g/mol. The van der Waals surface area contributed by atoms with E-state index in [0.717, 1.165) is 5.92 Å². The average molecular weight is 305 g/mol. The summed E-state index contributed by atoms with van der Waals surface area (Å²) >= 11 is -1.63. The molecule has 0 N–H and O–H groups in total. The molecule has 0 saturated carbocycles. The molecule has 3 heteroatoms. The molecule has 0 nitrogen and oxygen atoms in total. The maximum Gasteiger partial charge on any atom is -1.00 e. The second kappa shape index (κ2) is 5.49. The van der Waals surface area contributed by atoms with E-state index in [9.17, 15) is 0 Å². The largest absolute Gasteiger partial charge is 1.00 e. The Balaban J connectivity index is 0.000000722. The predicted octanol–water partition coefficient (Wildman–Crippen LogP) is -1.68. The van der Waals surface area contributed by atoms with Gasteiger partial charge in [-0.1, -0.05) is 0 Å².